The molecule has 42 heavy (non-hydrogen) atoms. The van der Waals surface area contributed by atoms with Gasteiger partial charge < -0.3 is 9.64 Å². The summed E-state index contributed by atoms with van der Waals surface area (Å²) < 4.78 is 34.3. The quantitative estimate of drug-likeness (QED) is 0.355. The molecule has 1 aliphatic carbocycles. The van der Waals surface area contributed by atoms with Crippen LogP contribution in [0, 0.1) is 17.6 Å². The topological polar surface area (TPSA) is 53.1 Å². The molecular formula is C33H42F2N3O3P. The Morgan fingerprint density at radius 3 is 2.29 bits per heavy atom. The van der Waals surface area contributed by atoms with Crippen LogP contribution < -0.4 is 5.30 Å². The van der Waals surface area contributed by atoms with Gasteiger partial charge in [0.05, 0.1) is 5.92 Å². The van der Waals surface area contributed by atoms with E-state index in [0.29, 0.717) is 50.2 Å². The van der Waals surface area contributed by atoms with Gasteiger partial charge in [-0.05, 0) is 90.9 Å². The number of rotatable bonds is 6. The lowest BCUT2D eigenvalue weighted by molar-refractivity contribution is -0.146. The summed E-state index contributed by atoms with van der Waals surface area (Å²) in [5.41, 5.74) is 3.11. The van der Waals surface area contributed by atoms with Crippen molar-refractivity contribution < 1.29 is 23.1 Å². The highest BCUT2D eigenvalue weighted by Crippen LogP contribution is 2.36. The molecule has 0 saturated carbocycles. The number of halogens is 2. The molecule has 0 radical (unpaired) electrons. The molecule has 0 N–H and O–H groups in total. The van der Waals surface area contributed by atoms with E-state index in [1.165, 1.54) is 29.7 Å². The number of ether oxygens (including phenoxy) is 1. The first kappa shape index (κ1) is 30.8. The zero-order valence-corrected chi connectivity index (χ0v) is 26.2. The number of benzene rings is 2. The van der Waals surface area contributed by atoms with Crippen molar-refractivity contribution in [3.05, 3.63) is 64.7 Å². The number of amides is 1. The van der Waals surface area contributed by atoms with Gasteiger partial charge in [-0.25, -0.2) is 13.6 Å². The van der Waals surface area contributed by atoms with Gasteiger partial charge in [0, 0.05) is 62.6 Å². The third kappa shape index (κ3) is 6.93. The average molecular weight is 598 g/mol. The number of nitrogens with zero attached hydrogens (tertiary/aromatic N) is 3. The third-order valence-electron chi connectivity index (χ3n) is 8.55. The molecule has 0 spiro atoms. The Morgan fingerprint density at radius 1 is 0.929 bits per heavy atom. The first-order chi connectivity index (χ1) is 19.9. The van der Waals surface area contributed by atoms with E-state index in [2.05, 4.69) is 41.8 Å². The molecule has 2 heterocycles. The fourth-order valence-corrected chi connectivity index (χ4v) is 7.41. The van der Waals surface area contributed by atoms with Crippen molar-refractivity contribution in [1.82, 2.24) is 14.7 Å². The van der Waals surface area contributed by atoms with Crippen LogP contribution in [0.5, 0.6) is 0 Å². The van der Waals surface area contributed by atoms with E-state index in [1.807, 2.05) is 25.7 Å². The molecule has 0 unspecified atom stereocenters. The Kier molecular flexibility index (Phi) is 9.17. The number of hydrogen-bond donors (Lipinski definition) is 0. The molecule has 2 atom stereocenters. The molecule has 2 saturated heterocycles. The summed E-state index contributed by atoms with van der Waals surface area (Å²) in [6, 6.07) is 10.4. The second-order valence-corrected chi connectivity index (χ2v) is 14.1. The lowest BCUT2D eigenvalue weighted by Gasteiger charge is -2.37. The van der Waals surface area contributed by atoms with Crippen LogP contribution in [0.2, 0.25) is 0 Å². The maximum absolute atomic E-state index is 14.9. The first-order valence-electron chi connectivity index (χ1n) is 15.1. The molecule has 2 fully saturated rings. The van der Waals surface area contributed by atoms with E-state index < -0.39 is 23.2 Å². The number of likely N-dealkylation sites (tertiary alicyclic amines) is 1. The largest absolute Gasteiger partial charge is 0.455 e. The zero-order chi connectivity index (χ0) is 30.2. The van der Waals surface area contributed by atoms with Crippen molar-refractivity contribution >= 4 is 30.8 Å². The minimum atomic E-state index is -0.622. The SMILES string of the molecule is CC(C)N1C[C@@H](C(=O)N2CCN(C(=Pc3ccc4c(c3)CCC4)C(=O)OC(C)(C)C)CC2)[C@H](c2ccc(F)cc2F)C1. The summed E-state index contributed by atoms with van der Waals surface area (Å²) in [4.78, 5) is 33.4. The maximum atomic E-state index is 14.9. The maximum Gasteiger partial charge on any atom is 0.354 e. The first-order valence-corrected chi connectivity index (χ1v) is 16.0. The highest BCUT2D eigenvalue weighted by Gasteiger charge is 2.43. The summed E-state index contributed by atoms with van der Waals surface area (Å²) in [5, 5.41) is 1.07. The van der Waals surface area contributed by atoms with Gasteiger partial charge in [0.15, 0.2) is 0 Å². The fourth-order valence-electron chi connectivity index (χ4n) is 6.32. The molecule has 9 heteroatoms. The highest BCUT2D eigenvalue weighted by atomic mass is 31.1. The van der Waals surface area contributed by atoms with Crippen LogP contribution in [-0.4, -0.2) is 82.9 Å². The lowest BCUT2D eigenvalue weighted by atomic mass is 9.87. The Bertz CT molecular complexity index is 1360. The summed E-state index contributed by atoms with van der Waals surface area (Å²) in [7, 11) is 0.798. The van der Waals surface area contributed by atoms with E-state index in [-0.39, 0.29) is 23.8 Å². The number of hydrogen-bond acceptors (Lipinski definition) is 4. The lowest BCUT2D eigenvalue weighted by Crippen LogP contribution is -2.54. The molecule has 0 bridgehead atoms. The molecule has 3 aliphatic rings. The minimum absolute atomic E-state index is 0.0125. The number of carbonyl (C=O) groups is 2. The van der Waals surface area contributed by atoms with Crippen molar-refractivity contribution in [1.29, 1.82) is 0 Å². The highest BCUT2D eigenvalue weighted by molar-refractivity contribution is 7.51. The van der Waals surface area contributed by atoms with Gasteiger partial charge in [-0.15, -0.1) is 0 Å². The van der Waals surface area contributed by atoms with Crippen LogP contribution in [-0.2, 0) is 27.2 Å². The zero-order valence-electron chi connectivity index (χ0n) is 25.3. The average Bonchev–Trinajstić information content (AvgIpc) is 3.58. The molecule has 6 nitrogen and oxygen atoms in total. The number of aryl methyl sites for hydroxylation is 2. The van der Waals surface area contributed by atoms with Crippen molar-refractivity contribution in [3.8, 4) is 0 Å². The van der Waals surface area contributed by atoms with Crippen LogP contribution in [0.3, 0.4) is 0 Å². The number of esters is 1. The molecule has 0 aromatic heterocycles. The molecule has 2 aromatic carbocycles. The van der Waals surface area contributed by atoms with Gasteiger partial charge in [0.25, 0.3) is 0 Å². The number of carbonyl (C=O) groups excluding carboxylic acids is 2. The van der Waals surface area contributed by atoms with Gasteiger partial charge in [-0.1, -0.05) is 18.2 Å². The van der Waals surface area contributed by atoms with Crippen LogP contribution in [0.1, 0.15) is 63.6 Å². The van der Waals surface area contributed by atoms with Crippen molar-refractivity contribution in [2.24, 2.45) is 5.92 Å². The van der Waals surface area contributed by atoms with E-state index in [9.17, 15) is 18.4 Å². The summed E-state index contributed by atoms with van der Waals surface area (Å²) in [5.74, 6) is -2.33. The van der Waals surface area contributed by atoms with Gasteiger partial charge in [0.2, 0.25) is 5.91 Å². The molecule has 2 aromatic rings. The van der Waals surface area contributed by atoms with Crippen LogP contribution >= 0.6 is 8.20 Å². The molecular weight excluding hydrogens is 555 g/mol. The Hall–Kier alpha value is -2.67. The van der Waals surface area contributed by atoms with Gasteiger partial charge in [0.1, 0.15) is 22.7 Å². The van der Waals surface area contributed by atoms with Crippen LogP contribution in [0.4, 0.5) is 8.78 Å². The number of piperazine rings is 1. The van der Waals surface area contributed by atoms with Gasteiger partial charge >= 0.3 is 5.97 Å². The Labute approximate surface area is 249 Å². The molecule has 2 aliphatic heterocycles. The minimum Gasteiger partial charge on any atom is -0.455 e. The predicted octanol–water partition coefficient (Wildman–Crippen LogP) is 4.76. The third-order valence-corrected chi connectivity index (χ3v) is 9.76. The van der Waals surface area contributed by atoms with E-state index in [0.717, 1.165) is 32.4 Å². The Balaban J connectivity index is 1.33. The molecule has 1 amide bonds. The van der Waals surface area contributed by atoms with E-state index in [1.54, 1.807) is 0 Å². The number of fused-ring (bicyclic) bond motifs is 1. The molecule has 5 rings (SSSR count). The van der Waals surface area contributed by atoms with Crippen LogP contribution in [0.15, 0.2) is 36.4 Å². The fraction of sp³-hybridized carbons (Fsp3) is 0.545. The Morgan fingerprint density at radius 2 is 1.62 bits per heavy atom. The van der Waals surface area contributed by atoms with Crippen LogP contribution in [0.25, 0.3) is 0 Å². The van der Waals surface area contributed by atoms with E-state index in [4.69, 9.17) is 4.74 Å². The second kappa shape index (κ2) is 12.5. The molecule has 226 valence electrons. The van der Waals surface area contributed by atoms with Crippen molar-refractivity contribution in [2.45, 2.75) is 71.4 Å². The summed E-state index contributed by atoms with van der Waals surface area (Å²) in [6.07, 6.45) is 3.34. The van der Waals surface area contributed by atoms with E-state index >= 15 is 0 Å². The van der Waals surface area contributed by atoms with Gasteiger partial charge in [-0.2, -0.15) is 0 Å². The standard InChI is InChI=1S/C33H42F2N3O3P/c1-21(2)38-19-27(26-12-10-24(34)18-29(26)35)28(20-38)30(39)36-13-15-37(16-14-36)31(32(40)41-33(3,4)5)42-25-11-9-22-7-6-8-23(22)17-25/h9-12,17-18,21,27-28H,6-8,13-16,19-20H2,1-5H3/t27-,28+/m0/s1. The summed E-state index contributed by atoms with van der Waals surface area (Å²) in [6.45, 7) is 12.8. The summed E-state index contributed by atoms with van der Waals surface area (Å²) >= 11 is 0. The van der Waals surface area contributed by atoms with Gasteiger partial charge in [-0.3, -0.25) is 14.6 Å². The monoisotopic (exact) mass is 597 g/mol. The van der Waals surface area contributed by atoms with Crippen molar-refractivity contribution in [2.75, 3.05) is 39.3 Å². The smallest absolute Gasteiger partial charge is 0.354 e. The second-order valence-electron chi connectivity index (χ2n) is 13.0. The van der Waals surface area contributed by atoms with Crippen molar-refractivity contribution in [3.63, 3.8) is 0 Å². The predicted molar refractivity (Wildman–Crippen MR) is 163 cm³/mol. The normalized spacial score (nSPS) is 22.1.